The highest BCUT2D eigenvalue weighted by Crippen LogP contribution is 2.23. The number of ether oxygens (including phenoxy) is 2. The van der Waals surface area contributed by atoms with E-state index in [1.807, 2.05) is 0 Å². The topological polar surface area (TPSA) is 137 Å². The SMILES string of the molecule is CC(C)OC(=O)C(O)C1O[C@H](CO)[C@@H](O)[C@H](O)[C@@H]1O. The smallest absolute Gasteiger partial charge is 0.338 e. The molecule has 8 heteroatoms. The lowest BCUT2D eigenvalue weighted by Gasteiger charge is -2.41. The summed E-state index contributed by atoms with van der Waals surface area (Å²) in [5, 5.41) is 47.5. The van der Waals surface area contributed by atoms with E-state index in [2.05, 4.69) is 0 Å². The van der Waals surface area contributed by atoms with Gasteiger partial charge >= 0.3 is 5.97 Å². The number of carbonyl (C=O) groups is 1. The summed E-state index contributed by atoms with van der Waals surface area (Å²) in [6, 6.07) is 0. The van der Waals surface area contributed by atoms with Crippen LogP contribution in [0.3, 0.4) is 0 Å². The molecule has 0 amide bonds. The zero-order valence-electron chi connectivity index (χ0n) is 10.7. The van der Waals surface area contributed by atoms with Crippen molar-refractivity contribution in [1.82, 2.24) is 0 Å². The Kier molecular flexibility index (Phi) is 5.65. The van der Waals surface area contributed by atoms with Crippen molar-refractivity contribution in [3.63, 3.8) is 0 Å². The van der Waals surface area contributed by atoms with Crippen LogP contribution in [0.5, 0.6) is 0 Å². The fraction of sp³-hybridized carbons (Fsp3) is 0.909. The molecule has 1 saturated heterocycles. The molecule has 0 aromatic rings. The second kappa shape index (κ2) is 6.60. The summed E-state index contributed by atoms with van der Waals surface area (Å²) in [7, 11) is 0. The van der Waals surface area contributed by atoms with Gasteiger partial charge in [-0.2, -0.15) is 0 Å². The van der Waals surface area contributed by atoms with Gasteiger partial charge in [0.05, 0.1) is 12.7 Å². The van der Waals surface area contributed by atoms with Crippen LogP contribution in [0, 0.1) is 0 Å². The van der Waals surface area contributed by atoms with E-state index in [0.717, 1.165) is 0 Å². The molecule has 19 heavy (non-hydrogen) atoms. The molecule has 6 atom stereocenters. The summed E-state index contributed by atoms with van der Waals surface area (Å²) in [5.74, 6) is -1.01. The van der Waals surface area contributed by atoms with Crippen LogP contribution in [-0.4, -0.2) is 80.8 Å². The molecule has 1 rings (SSSR count). The van der Waals surface area contributed by atoms with Crippen molar-refractivity contribution in [3.05, 3.63) is 0 Å². The minimum atomic E-state index is -1.83. The largest absolute Gasteiger partial charge is 0.461 e. The van der Waals surface area contributed by atoms with Crippen molar-refractivity contribution in [1.29, 1.82) is 0 Å². The molecule has 0 spiro atoms. The summed E-state index contributed by atoms with van der Waals surface area (Å²) in [4.78, 5) is 11.5. The van der Waals surface area contributed by atoms with Gasteiger partial charge in [-0.15, -0.1) is 0 Å². The first-order valence-corrected chi connectivity index (χ1v) is 5.98. The van der Waals surface area contributed by atoms with Crippen LogP contribution >= 0.6 is 0 Å². The first-order valence-electron chi connectivity index (χ1n) is 5.98. The highest BCUT2D eigenvalue weighted by molar-refractivity contribution is 5.75. The van der Waals surface area contributed by atoms with Gasteiger partial charge in [-0.25, -0.2) is 4.79 Å². The van der Waals surface area contributed by atoms with E-state index in [1.165, 1.54) is 0 Å². The molecule has 0 aromatic carbocycles. The molecule has 1 aliphatic heterocycles. The van der Waals surface area contributed by atoms with Crippen molar-refractivity contribution >= 4 is 5.97 Å². The maximum absolute atomic E-state index is 11.5. The van der Waals surface area contributed by atoms with Gasteiger partial charge in [0.25, 0.3) is 0 Å². The van der Waals surface area contributed by atoms with Gasteiger partial charge in [0.15, 0.2) is 6.10 Å². The molecule has 5 N–H and O–H groups in total. The lowest BCUT2D eigenvalue weighted by atomic mass is 9.92. The fourth-order valence-corrected chi connectivity index (χ4v) is 1.83. The van der Waals surface area contributed by atoms with Gasteiger partial charge in [-0.05, 0) is 13.8 Å². The maximum Gasteiger partial charge on any atom is 0.338 e. The Labute approximate surface area is 110 Å². The van der Waals surface area contributed by atoms with Crippen molar-refractivity contribution in [2.45, 2.75) is 56.6 Å². The van der Waals surface area contributed by atoms with E-state index in [0.29, 0.717) is 0 Å². The Morgan fingerprint density at radius 3 is 2.26 bits per heavy atom. The van der Waals surface area contributed by atoms with Crippen molar-refractivity contribution in [3.8, 4) is 0 Å². The fourth-order valence-electron chi connectivity index (χ4n) is 1.83. The van der Waals surface area contributed by atoms with Crippen molar-refractivity contribution in [2.75, 3.05) is 6.61 Å². The van der Waals surface area contributed by atoms with E-state index < -0.39 is 55.3 Å². The van der Waals surface area contributed by atoms with E-state index in [9.17, 15) is 25.2 Å². The summed E-state index contributed by atoms with van der Waals surface area (Å²) >= 11 is 0. The van der Waals surface area contributed by atoms with Gasteiger partial charge in [-0.1, -0.05) is 0 Å². The van der Waals surface area contributed by atoms with Gasteiger partial charge in [0.1, 0.15) is 30.5 Å². The Hall–Kier alpha value is -0.770. The zero-order chi connectivity index (χ0) is 14.7. The summed E-state index contributed by atoms with van der Waals surface area (Å²) in [6.45, 7) is 2.53. The number of esters is 1. The Balaban J connectivity index is 2.77. The lowest BCUT2D eigenvalue weighted by molar-refractivity contribution is -0.251. The van der Waals surface area contributed by atoms with Crippen LogP contribution in [0.25, 0.3) is 0 Å². The minimum Gasteiger partial charge on any atom is -0.461 e. The van der Waals surface area contributed by atoms with E-state index in [1.54, 1.807) is 13.8 Å². The van der Waals surface area contributed by atoms with Crippen LogP contribution in [0.1, 0.15) is 13.8 Å². The number of aliphatic hydroxyl groups is 5. The van der Waals surface area contributed by atoms with Gasteiger partial charge in [0, 0.05) is 0 Å². The molecule has 0 aromatic heterocycles. The third-order valence-corrected chi connectivity index (χ3v) is 2.83. The van der Waals surface area contributed by atoms with Gasteiger partial charge in [0.2, 0.25) is 0 Å². The first-order chi connectivity index (χ1) is 8.79. The zero-order valence-corrected chi connectivity index (χ0v) is 10.7. The van der Waals surface area contributed by atoms with E-state index in [4.69, 9.17) is 14.6 Å². The first kappa shape index (κ1) is 16.3. The Morgan fingerprint density at radius 1 is 1.21 bits per heavy atom. The molecule has 0 aliphatic carbocycles. The molecule has 8 nitrogen and oxygen atoms in total. The number of rotatable bonds is 4. The Bertz CT molecular complexity index is 305. The third-order valence-electron chi connectivity index (χ3n) is 2.83. The molecule has 0 saturated carbocycles. The van der Waals surface area contributed by atoms with Crippen LogP contribution < -0.4 is 0 Å². The van der Waals surface area contributed by atoms with Crippen LogP contribution in [0.4, 0.5) is 0 Å². The monoisotopic (exact) mass is 280 g/mol. The minimum absolute atomic E-state index is 0.466. The second-order valence-electron chi connectivity index (χ2n) is 4.72. The standard InChI is InChI=1S/C11H20O8/c1-4(2)18-11(17)9(16)10-8(15)7(14)6(13)5(3-12)19-10/h4-10,12-16H,3H2,1-2H3/t5-,6-,7+,8+,9?,10?/m1/s1. The maximum atomic E-state index is 11.5. The molecular weight excluding hydrogens is 260 g/mol. The van der Waals surface area contributed by atoms with Crippen LogP contribution in [-0.2, 0) is 14.3 Å². The van der Waals surface area contributed by atoms with Gasteiger partial charge < -0.3 is 35.0 Å². The molecule has 1 fully saturated rings. The van der Waals surface area contributed by atoms with Gasteiger partial charge in [-0.3, -0.25) is 0 Å². The molecule has 2 unspecified atom stereocenters. The van der Waals surface area contributed by atoms with E-state index >= 15 is 0 Å². The average molecular weight is 280 g/mol. The summed E-state index contributed by atoms with van der Waals surface area (Å²) < 4.78 is 9.79. The second-order valence-corrected chi connectivity index (χ2v) is 4.72. The van der Waals surface area contributed by atoms with E-state index in [-0.39, 0.29) is 0 Å². The molecule has 1 aliphatic rings. The lowest BCUT2D eigenvalue weighted by Crippen LogP contribution is -2.62. The predicted octanol–water partition coefficient (Wildman–Crippen LogP) is -2.86. The van der Waals surface area contributed by atoms with Crippen molar-refractivity contribution < 1.29 is 39.8 Å². The number of hydrogen-bond donors (Lipinski definition) is 5. The van der Waals surface area contributed by atoms with Crippen molar-refractivity contribution in [2.24, 2.45) is 0 Å². The molecule has 0 bridgehead atoms. The molecular formula is C11H20O8. The third kappa shape index (κ3) is 3.62. The average Bonchev–Trinajstić information content (AvgIpc) is 2.35. The summed E-state index contributed by atoms with van der Waals surface area (Å²) in [6.07, 6.45) is -9.80. The highest BCUT2D eigenvalue weighted by Gasteiger charge is 2.48. The highest BCUT2D eigenvalue weighted by atomic mass is 16.6. The number of carbonyl (C=O) groups excluding carboxylic acids is 1. The quantitative estimate of drug-likeness (QED) is 0.347. The van der Waals surface area contributed by atoms with Crippen LogP contribution in [0.15, 0.2) is 0 Å². The molecule has 112 valence electrons. The van der Waals surface area contributed by atoms with Crippen LogP contribution in [0.2, 0.25) is 0 Å². The number of hydrogen-bond acceptors (Lipinski definition) is 8. The Morgan fingerprint density at radius 2 is 1.79 bits per heavy atom. The normalized spacial score (nSPS) is 37.2. The predicted molar refractivity (Wildman–Crippen MR) is 61.0 cm³/mol. The summed E-state index contributed by atoms with van der Waals surface area (Å²) in [5.41, 5.74) is 0. The molecule has 1 heterocycles. The molecule has 0 radical (unpaired) electrons. The number of aliphatic hydroxyl groups excluding tert-OH is 5.